The summed E-state index contributed by atoms with van der Waals surface area (Å²) < 4.78 is 0. The molecule has 1 aliphatic rings. The first kappa shape index (κ1) is 21.2. The van der Waals surface area contributed by atoms with Crippen molar-refractivity contribution in [1.82, 2.24) is 5.43 Å². The van der Waals surface area contributed by atoms with Crippen molar-refractivity contribution in [2.45, 2.75) is 117 Å². The summed E-state index contributed by atoms with van der Waals surface area (Å²) in [6, 6.07) is 0. The molecule has 0 saturated heterocycles. The third kappa shape index (κ3) is 10.8. The normalized spacial score (nSPS) is 17.8. The second-order valence-electron chi connectivity index (χ2n) is 7.52. The van der Waals surface area contributed by atoms with Gasteiger partial charge in [0.1, 0.15) is 0 Å². The maximum atomic E-state index is 11.8. The average Bonchev–Trinajstić information content (AvgIpc) is 2.60. The summed E-state index contributed by atoms with van der Waals surface area (Å²) >= 11 is 0. The first-order valence-electron chi connectivity index (χ1n) is 10.6. The highest BCUT2D eigenvalue weighted by molar-refractivity contribution is 5.86. The molecule has 1 aliphatic carbocycles. The van der Waals surface area contributed by atoms with Crippen molar-refractivity contribution >= 4 is 11.6 Å². The zero-order chi connectivity index (χ0) is 17.5. The maximum absolute atomic E-state index is 11.8. The summed E-state index contributed by atoms with van der Waals surface area (Å²) in [5, 5.41) is 4.35. The molecule has 0 atom stereocenters. The van der Waals surface area contributed by atoms with Crippen LogP contribution in [0.3, 0.4) is 0 Å². The number of nitrogens with zero attached hydrogens (tertiary/aromatic N) is 1. The van der Waals surface area contributed by atoms with E-state index in [1.165, 1.54) is 82.8 Å². The van der Waals surface area contributed by atoms with Crippen LogP contribution in [0.5, 0.6) is 0 Å². The number of hydrogen-bond donors (Lipinski definition) is 1. The minimum atomic E-state index is 0.0983. The largest absolute Gasteiger partial charge is 0.273 e. The zero-order valence-corrected chi connectivity index (χ0v) is 16.2. The molecule has 1 saturated carbocycles. The highest BCUT2D eigenvalue weighted by Crippen LogP contribution is 2.25. The van der Waals surface area contributed by atoms with Crippen molar-refractivity contribution in [3.05, 3.63) is 0 Å². The van der Waals surface area contributed by atoms with Gasteiger partial charge in [-0.15, -0.1) is 0 Å². The molecule has 0 aromatic heterocycles. The van der Waals surface area contributed by atoms with E-state index in [9.17, 15) is 4.79 Å². The van der Waals surface area contributed by atoms with Crippen molar-refractivity contribution in [1.29, 1.82) is 0 Å². The Hall–Kier alpha value is -0.860. The second-order valence-corrected chi connectivity index (χ2v) is 7.52. The summed E-state index contributed by atoms with van der Waals surface area (Å²) in [5.74, 6) is 0.979. The lowest BCUT2D eigenvalue weighted by atomic mass is 9.85. The molecule has 1 fully saturated rings. The van der Waals surface area contributed by atoms with Gasteiger partial charge < -0.3 is 0 Å². The lowest BCUT2D eigenvalue weighted by molar-refractivity contribution is -0.121. The van der Waals surface area contributed by atoms with Crippen molar-refractivity contribution in [3.63, 3.8) is 0 Å². The molecule has 0 radical (unpaired) electrons. The van der Waals surface area contributed by atoms with Gasteiger partial charge in [0.15, 0.2) is 0 Å². The number of nitrogens with one attached hydrogen (secondary N) is 1. The van der Waals surface area contributed by atoms with Gasteiger partial charge in [-0.1, -0.05) is 78.1 Å². The van der Waals surface area contributed by atoms with Crippen LogP contribution in [-0.2, 0) is 4.79 Å². The first-order valence-corrected chi connectivity index (χ1v) is 10.6. The summed E-state index contributed by atoms with van der Waals surface area (Å²) in [4.78, 5) is 11.8. The molecule has 24 heavy (non-hydrogen) atoms. The van der Waals surface area contributed by atoms with E-state index in [1.807, 2.05) is 0 Å². The molecule has 0 aliphatic heterocycles. The number of carbonyl (C=O) groups is 1. The molecule has 3 nitrogen and oxygen atoms in total. The molecule has 1 amide bonds. The fourth-order valence-corrected chi connectivity index (χ4v) is 3.61. The molecule has 0 aromatic rings. The molecule has 0 spiro atoms. The van der Waals surface area contributed by atoms with Crippen LogP contribution in [-0.4, -0.2) is 11.6 Å². The van der Waals surface area contributed by atoms with Crippen molar-refractivity contribution in [2.75, 3.05) is 0 Å². The zero-order valence-electron chi connectivity index (χ0n) is 16.2. The number of hydrazone groups is 1. The van der Waals surface area contributed by atoms with Gasteiger partial charge in [0.25, 0.3) is 0 Å². The maximum Gasteiger partial charge on any atom is 0.240 e. The van der Waals surface area contributed by atoms with Gasteiger partial charge >= 0.3 is 0 Å². The number of rotatable bonds is 13. The van der Waals surface area contributed by atoms with Crippen LogP contribution < -0.4 is 5.43 Å². The van der Waals surface area contributed by atoms with Crippen molar-refractivity contribution < 1.29 is 4.79 Å². The highest BCUT2D eigenvalue weighted by Gasteiger charge is 2.16. The van der Waals surface area contributed by atoms with Crippen LogP contribution in [0.2, 0.25) is 0 Å². The Labute approximate surface area is 150 Å². The fourth-order valence-electron chi connectivity index (χ4n) is 3.61. The van der Waals surface area contributed by atoms with Gasteiger partial charge in [-0.05, 0) is 38.0 Å². The molecule has 1 rings (SSSR count). The standard InChI is InChI=1S/C21H40N2O/c1-3-5-6-7-8-9-10-11-12-14-21(24)23-22-20-17-15-19(13-4-2)16-18-20/h19H,3-18H2,1-2H3,(H,23,24). The molecule has 1 N–H and O–H groups in total. The van der Waals surface area contributed by atoms with Crippen LogP contribution in [0.25, 0.3) is 0 Å². The van der Waals surface area contributed by atoms with Gasteiger partial charge in [0.05, 0.1) is 0 Å². The van der Waals surface area contributed by atoms with Crippen molar-refractivity contribution in [3.8, 4) is 0 Å². The Bertz CT molecular complexity index is 342. The number of amides is 1. The Morgan fingerprint density at radius 3 is 2.08 bits per heavy atom. The quantitative estimate of drug-likeness (QED) is 0.308. The van der Waals surface area contributed by atoms with E-state index in [0.717, 1.165) is 25.2 Å². The SMILES string of the molecule is CCCCCCCCCCCC(=O)NN=C1CCC(CCC)CC1. The Morgan fingerprint density at radius 1 is 0.917 bits per heavy atom. The summed E-state index contributed by atoms with van der Waals surface area (Å²) in [6.45, 7) is 4.52. The third-order valence-electron chi connectivity index (χ3n) is 5.23. The monoisotopic (exact) mass is 336 g/mol. The summed E-state index contributed by atoms with van der Waals surface area (Å²) in [5.41, 5.74) is 3.97. The Balaban J connectivity index is 1.96. The number of hydrogen-bond acceptors (Lipinski definition) is 2. The Kier molecular flexibility index (Phi) is 12.8. The smallest absolute Gasteiger partial charge is 0.240 e. The second kappa shape index (κ2) is 14.5. The van der Waals surface area contributed by atoms with Gasteiger partial charge in [-0.2, -0.15) is 5.10 Å². The molecule has 0 aromatic carbocycles. The van der Waals surface area contributed by atoms with E-state index in [2.05, 4.69) is 24.4 Å². The van der Waals surface area contributed by atoms with Gasteiger partial charge in [0, 0.05) is 12.1 Å². The molecule has 140 valence electrons. The van der Waals surface area contributed by atoms with Gasteiger partial charge in [-0.3, -0.25) is 4.79 Å². The number of carbonyl (C=O) groups excluding carboxylic acids is 1. The first-order chi connectivity index (χ1) is 11.8. The predicted octanol–water partition coefficient (Wildman–Crippen LogP) is 6.37. The molecule has 0 unspecified atom stereocenters. The minimum absolute atomic E-state index is 0.0983. The lowest BCUT2D eigenvalue weighted by Gasteiger charge is -2.22. The molecule has 0 bridgehead atoms. The highest BCUT2D eigenvalue weighted by atomic mass is 16.2. The Morgan fingerprint density at radius 2 is 1.50 bits per heavy atom. The van der Waals surface area contributed by atoms with E-state index >= 15 is 0 Å². The van der Waals surface area contributed by atoms with Crippen LogP contribution in [0.15, 0.2) is 5.10 Å². The van der Waals surface area contributed by atoms with Gasteiger partial charge in [0.2, 0.25) is 5.91 Å². The molecule has 0 heterocycles. The van der Waals surface area contributed by atoms with Crippen LogP contribution in [0.1, 0.15) is 117 Å². The molecular formula is C21H40N2O. The number of unbranched alkanes of at least 4 members (excludes halogenated alkanes) is 8. The predicted molar refractivity (Wildman–Crippen MR) is 104 cm³/mol. The van der Waals surface area contributed by atoms with Crippen LogP contribution >= 0.6 is 0 Å². The van der Waals surface area contributed by atoms with Crippen LogP contribution in [0.4, 0.5) is 0 Å². The van der Waals surface area contributed by atoms with E-state index in [0.29, 0.717) is 6.42 Å². The van der Waals surface area contributed by atoms with E-state index in [4.69, 9.17) is 0 Å². The minimum Gasteiger partial charge on any atom is -0.273 e. The van der Waals surface area contributed by atoms with Crippen LogP contribution in [0, 0.1) is 5.92 Å². The molecule has 3 heteroatoms. The van der Waals surface area contributed by atoms with E-state index in [-0.39, 0.29) is 5.91 Å². The molecular weight excluding hydrogens is 296 g/mol. The third-order valence-corrected chi connectivity index (χ3v) is 5.23. The van der Waals surface area contributed by atoms with E-state index in [1.54, 1.807) is 0 Å². The summed E-state index contributed by atoms with van der Waals surface area (Å²) in [6.07, 6.45) is 19.5. The fraction of sp³-hybridized carbons (Fsp3) is 0.905. The van der Waals surface area contributed by atoms with E-state index < -0.39 is 0 Å². The average molecular weight is 337 g/mol. The van der Waals surface area contributed by atoms with Crippen molar-refractivity contribution in [2.24, 2.45) is 11.0 Å². The topological polar surface area (TPSA) is 41.5 Å². The lowest BCUT2D eigenvalue weighted by Crippen LogP contribution is -2.22. The summed E-state index contributed by atoms with van der Waals surface area (Å²) in [7, 11) is 0. The van der Waals surface area contributed by atoms with Gasteiger partial charge in [-0.25, -0.2) is 5.43 Å².